The predicted octanol–water partition coefficient (Wildman–Crippen LogP) is 15.3. The quantitative estimate of drug-likeness (QED) is 0.160. The third-order valence-electron chi connectivity index (χ3n) is 10.5. The highest BCUT2D eigenvalue weighted by Gasteiger charge is 2.20. The van der Waals surface area contributed by atoms with Crippen LogP contribution in [0.1, 0.15) is 0 Å². The molecule has 9 aromatic carbocycles. The summed E-state index contributed by atoms with van der Waals surface area (Å²) in [5.74, 6) is 0. The number of fused-ring (bicyclic) bond motifs is 4. The van der Waals surface area contributed by atoms with E-state index < -0.39 is 0 Å². The molecule has 0 bridgehead atoms. The number of anilines is 3. The molecule has 254 valence electrons. The molecule has 0 N–H and O–H groups in total. The highest BCUT2D eigenvalue weighted by molar-refractivity contribution is 7.26. The molecule has 0 saturated carbocycles. The third kappa shape index (κ3) is 5.74. The minimum Gasteiger partial charge on any atom is -0.310 e. The van der Waals surface area contributed by atoms with Gasteiger partial charge in [-0.3, -0.25) is 0 Å². The summed E-state index contributed by atoms with van der Waals surface area (Å²) in [7, 11) is 0. The molecule has 0 aliphatic rings. The monoisotopic (exact) mass is 705 g/mol. The fourth-order valence-electron chi connectivity index (χ4n) is 7.86. The van der Waals surface area contributed by atoms with E-state index in [1.807, 2.05) is 11.3 Å². The van der Waals surface area contributed by atoms with Crippen LogP contribution in [0.3, 0.4) is 0 Å². The van der Waals surface area contributed by atoms with E-state index in [-0.39, 0.29) is 0 Å². The molecule has 2 heteroatoms. The van der Waals surface area contributed by atoms with Crippen LogP contribution in [-0.4, -0.2) is 0 Å². The lowest BCUT2D eigenvalue weighted by molar-refractivity contribution is 1.28. The summed E-state index contributed by atoms with van der Waals surface area (Å²) >= 11 is 1.88. The summed E-state index contributed by atoms with van der Waals surface area (Å²) in [4.78, 5) is 2.43. The van der Waals surface area contributed by atoms with Crippen molar-refractivity contribution in [3.63, 3.8) is 0 Å². The average Bonchev–Trinajstić information content (AvgIpc) is 3.64. The number of hydrogen-bond donors (Lipinski definition) is 0. The van der Waals surface area contributed by atoms with Crippen molar-refractivity contribution in [3.05, 3.63) is 212 Å². The molecular formula is C52H35NS. The lowest BCUT2D eigenvalue weighted by Crippen LogP contribution is -2.11. The Bertz CT molecular complexity index is 2920. The Labute approximate surface area is 319 Å². The molecule has 10 rings (SSSR count). The lowest BCUT2D eigenvalue weighted by atomic mass is 9.96. The molecule has 1 heterocycles. The number of thiophene rings is 1. The summed E-state index contributed by atoms with van der Waals surface area (Å²) in [6.45, 7) is 0. The zero-order chi connectivity index (χ0) is 35.8. The van der Waals surface area contributed by atoms with E-state index in [0.717, 1.165) is 17.1 Å². The van der Waals surface area contributed by atoms with Gasteiger partial charge in [0.25, 0.3) is 0 Å². The van der Waals surface area contributed by atoms with Gasteiger partial charge in [0.2, 0.25) is 0 Å². The number of rotatable bonds is 7. The van der Waals surface area contributed by atoms with Crippen LogP contribution in [0, 0.1) is 0 Å². The summed E-state index contributed by atoms with van der Waals surface area (Å²) in [5, 5.41) is 5.11. The predicted molar refractivity (Wildman–Crippen MR) is 233 cm³/mol. The van der Waals surface area contributed by atoms with Crippen molar-refractivity contribution in [1.82, 2.24) is 0 Å². The second-order valence-corrected chi connectivity index (χ2v) is 14.8. The van der Waals surface area contributed by atoms with Crippen LogP contribution < -0.4 is 4.90 Å². The molecule has 54 heavy (non-hydrogen) atoms. The third-order valence-corrected chi connectivity index (χ3v) is 11.7. The van der Waals surface area contributed by atoms with E-state index in [1.54, 1.807) is 0 Å². The van der Waals surface area contributed by atoms with Gasteiger partial charge >= 0.3 is 0 Å². The maximum atomic E-state index is 2.43. The van der Waals surface area contributed by atoms with E-state index >= 15 is 0 Å². The Kier molecular flexibility index (Phi) is 8.09. The molecule has 1 nitrogen and oxygen atoms in total. The maximum absolute atomic E-state index is 2.43. The minimum absolute atomic E-state index is 1.10. The van der Waals surface area contributed by atoms with E-state index in [9.17, 15) is 0 Å². The second kappa shape index (κ2) is 13.7. The van der Waals surface area contributed by atoms with E-state index in [4.69, 9.17) is 0 Å². The maximum Gasteiger partial charge on any atom is 0.0540 e. The molecule has 10 aromatic rings. The lowest BCUT2D eigenvalue weighted by Gasteiger charge is -2.28. The van der Waals surface area contributed by atoms with Gasteiger partial charge < -0.3 is 4.90 Å². The summed E-state index contributed by atoms with van der Waals surface area (Å²) in [6, 6.07) is 77.1. The summed E-state index contributed by atoms with van der Waals surface area (Å²) < 4.78 is 2.62. The van der Waals surface area contributed by atoms with Crippen molar-refractivity contribution >= 4 is 59.3 Å². The SMILES string of the molecule is c1ccc(-c2ccc(-c3ccc(N(c4cccc(-c5cccc6ccccc56)c4)c4ccccc4-c4cccc5c4sc4ccccc45)cc3)cc2)cc1. The minimum atomic E-state index is 1.10. The zero-order valence-electron chi connectivity index (χ0n) is 29.6. The molecule has 0 aliphatic heterocycles. The van der Waals surface area contributed by atoms with Gasteiger partial charge in [0.05, 0.1) is 5.69 Å². The summed E-state index contributed by atoms with van der Waals surface area (Å²) in [6.07, 6.45) is 0. The number of nitrogens with zero attached hydrogens (tertiary/aromatic N) is 1. The first-order chi connectivity index (χ1) is 26.8. The summed E-state index contributed by atoms with van der Waals surface area (Å²) in [5.41, 5.74) is 13.0. The Balaban J connectivity index is 1.12. The molecule has 1 aromatic heterocycles. The smallest absolute Gasteiger partial charge is 0.0540 e. The molecule has 0 unspecified atom stereocenters. The number of hydrogen-bond acceptors (Lipinski definition) is 2. The van der Waals surface area contributed by atoms with Gasteiger partial charge in [-0.15, -0.1) is 11.3 Å². The van der Waals surface area contributed by atoms with Crippen molar-refractivity contribution < 1.29 is 0 Å². The molecule has 0 atom stereocenters. The van der Waals surface area contributed by atoms with Crippen LogP contribution in [-0.2, 0) is 0 Å². The van der Waals surface area contributed by atoms with Gasteiger partial charge in [-0.1, -0.05) is 176 Å². The van der Waals surface area contributed by atoms with Crippen LogP contribution in [0.5, 0.6) is 0 Å². The van der Waals surface area contributed by atoms with Crippen LogP contribution in [0.15, 0.2) is 212 Å². The van der Waals surface area contributed by atoms with Crippen LogP contribution in [0.25, 0.3) is 75.5 Å². The topological polar surface area (TPSA) is 3.24 Å². The first-order valence-electron chi connectivity index (χ1n) is 18.4. The van der Waals surface area contributed by atoms with Crippen molar-refractivity contribution in [3.8, 4) is 44.5 Å². The van der Waals surface area contributed by atoms with Crippen molar-refractivity contribution in [2.75, 3.05) is 4.90 Å². The van der Waals surface area contributed by atoms with E-state index in [2.05, 4.69) is 217 Å². The Morgan fingerprint density at radius 2 is 0.852 bits per heavy atom. The molecular weight excluding hydrogens is 671 g/mol. The highest BCUT2D eigenvalue weighted by atomic mass is 32.1. The van der Waals surface area contributed by atoms with Gasteiger partial charge in [0.1, 0.15) is 0 Å². The van der Waals surface area contributed by atoms with Crippen LogP contribution >= 0.6 is 11.3 Å². The van der Waals surface area contributed by atoms with Crippen LogP contribution in [0.4, 0.5) is 17.1 Å². The average molecular weight is 706 g/mol. The number of para-hydroxylation sites is 1. The normalized spacial score (nSPS) is 11.3. The van der Waals surface area contributed by atoms with Gasteiger partial charge in [0, 0.05) is 42.7 Å². The van der Waals surface area contributed by atoms with Crippen molar-refractivity contribution in [1.29, 1.82) is 0 Å². The second-order valence-electron chi connectivity index (χ2n) is 13.7. The van der Waals surface area contributed by atoms with Gasteiger partial charge in [0.15, 0.2) is 0 Å². The van der Waals surface area contributed by atoms with Gasteiger partial charge in [-0.2, -0.15) is 0 Å². The Morgan fingerprint density at radius 3 is 1.67 bits per heavy atom. The largest absolute Gasteiger partial charge is 0.310 e. The first-order valence-corrected chi connectivity index (χ1v) is 19.2. The molecule has 0 saturated heterocycles. The van der Waals surface area contributed by atoms with Crippen molar-refractivity contribution in [2.45, 2.75) is 0 Å². The zero-order valence-corrected chi connectivity index (χ0v) is 30.4. The van der Waals surface area contributed by atoms with Crippen molar-refractivity contribution in [2.24, 2.45) is 0 Å². The fraction of sp³-hybridized carbons (Fsp3) is 0. The number of benzene rings is 9. The molecule has 0 spiro atoms. The fourth-order valence-corrected chi connectivity index (χ4v) is 9.09. The van der Waals surface area contributed by atoms with Gasteiger partial charge in [-0.25, -0.2) is 0 Å². The van der Waals surface area contributed by atoms with E-state index in [1.165, 1.54) is 75.5 Å². The molecule has 0 fully saturated rings. The molecule has 0 radical (unpaired) electrons. The standard InChI is InChI=1S/C52H35NS/c1-2-13-36(14-3-1)37-27-29-38(30-28-37)39-31-33-42(34-32-39)53(43-18-10-17-41(35-43)45-22-11-16-40-15-4-5-19-44(40)45)50-25-8-6-20-46(50)48-23-12-24-49-47-21-7-9-26-51(47)54-52(48)49/h1-35H. The molecule has 0 amide bonds. The Hall–Kier alpha value is -6.74. The first kappa shape index (κ1) is 32.0. The van der Waals surface area contributed by atoms with Gasteiger partial charge in [-0.05, 0) is 80.6 Å². The van der Waals surface area contributed by atoms with E-state index in [0.29, 0.717) is 0 Å². The Morgan fingerprint density at radius 1 is 0.315 bits per heavy atom. The molecule has 0 aliphatic carbocycles. The van der Waals surface area contributed by atoms with Crippen LogP contribution in [0.2, 0.25) is 0 Å². The highest BCUT2D eigenvalue weighted by Crippen LogP contribution is 2.46.